The Kier molecular flexibility index (Phi) is 5.33. The second kappa shape index (κ2) is 7.84. The fourth-order valence-electron chi connectivity index (χ4n) is 2.42. The number of hydrazine groups is 1. The van der Waals surface area contributed by atoms with Gasteiger partial charge in [0.15, 0.2) is 5.69 Å². The molecule has 0 radical (unpaired) electrons. The summed E-state index contributed by atoms with van der Waals surface area (Å²) in [7, 11) is 0. The first-order chi connectivity index (χ1) is 13.0. The lowest BCUT2D eigenvalue weighted by Gasteiger charge is -2.12. The number of hydrogen-bond donors (Lipinski definition) is 2. The minimum absolute atomic E-state index is 0.193. The number of hydrogen-bond acceptors (Lipinski definition) is 4. The molecule has 2 aromatic carbocycles. The molecule has 7 nitrogen and oxygen atoms in total. The molecule has 0 spiro atoms. The first kappa shape index (κ1) is 18.3. The zero-order valence-electron chi connectivity index (χ0n) is 14.3. The number of carbonyl (C=O) groups is 2. The quantitative estimate of drug-likeness (QED) is 0.679. The number of para-hydroxylation sites is 1. The molecular weight excluding hydrogens is 368 g/mol. The highest BCUT2D eigenvalue weighted by atomic mass is 35.5. The van der Waals surface area contributed by atoms with Crippen molar-refractivity contribution in [1.29, 1.82) is 0 Å². The molecule has 0 saturated carbocycles. The third-order valence-electron chi connectivity index (χ3n) is 3.73. The molecule has 0 saturated heterocycles. The molecular formula is C19H15ClN4O3. The summed E-state index contributed by atoms with van der Waals surface area (Å²) in [6.45, 7) is 1.71. The zero-order chi connectivity index (χ0) is 19.4. The van der Waals surface area contributed by atoms with E-state index in [9.17, 15) is 14.4 Å². The number of benzene rings is 2. The summed E-state index contributed by atoms with van der Waals surface area (Å²) in [6.07, 6.45) is 0. The van der Waals surface area contributed by atoms with Crippen LogP contribution in [-0.4, -0.2) is 21.6 Å². The minimum Gasteiger partial charge on any atom is -0.287 e. The van der Waals surface area contributed by atoms with Crippen LogP contribution in [0.1, 0.15) is 26.5 Å². The lowest BCUT2D eigenvalue weighted by Crippen LogP contribution is -2.44. The molecule has 0 aliphatic rings. The second-order valence-corrected chi connectivity index (χ2v) is 6.04. The summed E-state index contributed by atoms with van der Waals surface area (Å²) in [5.41, 5.74) is 4.99. The van der Waals surface area contributed by atoms with Crippen LogP contribution in [0.2, 0.25) is 5.02 Å². The number of nitrogens with zero attached hydrogens (tertiary/aromatic N) is 2. The van der Waals surface area contributed by atoms with Crippen molar-refractivity contribution in [2.75, 3.05) is 0 Å². The van der Waals surface area contributed by atoms with E-state index in [-0.39, 0.29) is 16.3 Å². The lowest BCUT2D eigenvalue weighted by atomic mass is 10.2. The van der Waals surface area contributed by atoms with Gasteiger partial charge in [0.1, 0.15) is 0 Å². The minimum atomic E-state index is -0.829. The van der Waals surface area contributed by atoms with E-state index in [1.807, 2.05) is 18.2 Å². The molecule has 8 heteroatoms. The number of aromatic nitrogens is 2. The SMILES string of the molecule is Cc1cc(=O)c(C(=O)NNC(=O)c2ccccc2Cl)nn1-c1ccccc1. The average molecular weight is 383 g/mol. The molecule has 136 valence electrons. The van der Waals surface area contributed by atoms with Gasteiger partial charge in [0.2, 0.25) is 5.43 Å². The largest absolute Gasteiger partial charge is 0.294 e. The van der Waals surface area contributed by atoms with Crippen LogP contribution in [0.3, 0.4) is 0 Å². The molecule has 0 aliphatic carbocycles. The van der Waals surface area contributed by atoms with Gasteiger partial charge in [0, 0.05) is 11.8 Å². The molecule has 1 aromatic heterocycles. The van der Waals surface area contributed by atoms with Crippen molar-refractivity contribution >= 4 is 23.4 Å². The Hall–Kier alpha value is -3.45. The van der Waals surface area contributed by atoms with Crippen LogP contribution in [0.5, 0.6) is 0 Å². The predicted octanol–water partition coefficient (Wildman–Crippen LogP) is 2.27. The molecule has 2 N–H and O–H groups in total. The smallest absolute Gasteiger partial charge is 0.287 e. The van der Waals surface area contributed by atoms with Gasteiger partial charge in [-0.05, 0) is 31.2 Å². The van der Waals surface area contributed by atoms with E-state index < -0.39 is 17.2 Å². The fourth-order valence-corrected chi connectivity index (χ4v) is 2.64. The van der Waals surface area contributed by atoms with Crippen molar-refractivity contribution in [2.45, 2.75) is 6.92 Å². The molecule has 0 unspecified atom stereocenters. The van der Waals surface area contributed by atoms with Crippen molar-refractivity contribution in [2.24, 2.45) is 0 Å². The van der Waals surface area contributed by atoms with Crippen molar-refractivity contribution in [3.8, 4) is 5.69 Å². The van der Waals surface area contributed by atoms with E-state index in [4.69, 9.17) is 11.6 Å². The molecule has 3 rings (SSSR count). The van der Waals surface area contributed by atoms with E-state index in [0.29, 0.717) is 11.4 Å². The molecule has 0 atom stereocenters. The number of rotatable bonds is 3. The zero-order valence-corrected chi connectivity index (χ0v) is 15.0. The molecule has 0 aliphatic heterocycles. The molecule has 2 amide bonds. The first-order valence-corrected chi connectivity index (χ1v) is 8.37. The summed E-state index contributed by atoms with van der Waals surface area (Å²) >= 11 is 5.94. The van der Waals surface area contributed by atoms with Crippen LogP contribution in [0.25, 0.3) is 5.69 Å². The van der Waals surface area contributed by atoms with Gasteiger partial charge in [-0.1, -0.05) is 41.9 Å². The van der Waals surface area contributed by atoms with Gasteiger partial charge in [-0.3, -0.25) is 25.2 Å². The highest BCUT2D eigenvalue weighted by molar-refractivity contribution is 6.33. The number of carbonyl (C=O) groups excluding carboxylic acids is 2. The maximum Gasteiger partial charge on any atom is 0.294 e. The summed E-state index contributed by atoms with van der Waals surface area (Å²) < 4.78 is 1.48. The van der Waals surface area contributed by atoms with Crippen molar-refractivity contribution in [1.82, 2.24) is 20.6 Å². The number of amides is 2. The molecule has 1 heterocycles. The summed E-state index contributed by atoms with van der Waals surface area (Å²) in [6, 6.07) is 16.8. The van der Waals surface area contributed by atoms with Crippen LogP contribution in [0.4, 0.5) is 0 Å². The van der Waals surface area contributed by atoms with Crippen LogP contribution in [-0.2, 0) is 0 Å². The average Bonchev–Trinajstić information content (AvgIpc) is 2.67. The standard InChI is InChI=1S/C19H15ClN4O3/c1-12-11-16(25)17(23-24(12)13-7-3-2-4-8-13)19(27)22-21-18(26)14-9-5-6-10-15(14)20/h2-11H,1H3,(H,21,26)(H,22,27). The van der Waals surface area contributed by atoms with Gasteiger partial charge < -0.3 is 0 Å². The van der Waals surface area contributed by atoms with E-state index in [0.717, 1.165) is 0 Å². The highest BCUT2D eigenvalue weighted by Crippen LogP contribution is 2.14. The van der Waals surface area contributed by atoms with Crippen LogP contribution >= 0.6 is 11.6 Å². The fraction of sp³-hybridized carbons (Fsp3) is 0.0526. The van der Waals surface area contributed by atoms with Gasteiger partial charge in [-0.15, -0.1) is 0 Å². The number of nitrogens with one attached hydrogen (secondary N) is 2. The summed E-state index contributed by atoms with van der Waals surface area (Å²) in [5, 5.41) is 4.36. The maximum atomic E-state index is 12.3. The Morgan fingerprint density at radius 1 is 0.963 bits per heavy atom. The Labute approximate surface area is 159 Å². The van der Waals surface area contributed by atoms with Gasteiger partial charge in [0.25, 0.3) is 11.8 Å². The van der Waals surface area contributed by atoms with E-state index in [1.54, 1.807) is 37.3 Å². The highest BCUT2D eigenvalue weighted by Gasteiger charge is 2.17. The van der Waals surface area contributed by atoms with Crippen molar-refractivity contribution in [3.05, 3.63) is 92.9 Å². The predicted molar refractivity (Wildman–Crippen MR) is 101 cm³/mol. The van der Waals surface area contributed by atoms with E-state index in [1.165, 1.54) is 16.8 Å². The van der Waals surface area contributed by atoms with Crippen LogP contribution < -0.4 is 16.3 Å². The Balaban J connectivity index is 1.82. The van der Waals surface area contributed by atoms with Gasteiger partial charge >= 0.3 is 0 Å². The van der Waals surface area contributed by atoms with Gasteiger partial charge in [-0.2, -0.15) is 5.10 Å². The first-order valence-electron chi connectivity index (χ1n) is 7.99. The second-order valence-electron chi connectivity index (χ2n) is 5.63. The van der Waals surface area contributed by atoms with Crippen LogP contribution in [0, 0.1) is 6.92 Å². The van der Waals surface area contributed by atoms with E-state index in [2.05, 4.69) is 16.0 Å². The topological polar surface area (TPSA) is 93.1 Å². The molecule has 0 bridgehead atoms. The van der Waals surface area contributed by atoms with E-state index >= 15 is 0 Å². The van der Waals surface area contributed by atoms with Crippen molar-refractivity contribution < 1.29 is 9.59 Å². The van der Waals surface area contributed by atoms with Gasteiger partial charge in [-0.25, -0.2) is 4.68 Å². The maximum absolute atomic E-state index is 12.3. The van der Waals surface area contributed by atoms with Gasteiger partial charge in [0.05, 0.1) is 16.3 Å². The Morgan fingerprint density at radius 2 is 1.59 bits per heavy atom. The third-order valence-corrected chi connectivity index (χ3v) is 4.06. The number of aryl methyl sites for hydroxylation is 1. The van der Waals surface area contributed by atoms with Crippen molar-refractivity contribution in [3.63, 3.8) is 0 Å². The number of halogens is 1. The Morgan fingerprint density at radius 3 is 2.30 bits per heavy atom. The molecule has 0 fully saturated rings. The summed E-state index contributed by atoms with van der Waals surface area (Å²) in [4.78, 5) is 36.6. The molecule has 27 heavy (non-hydrogen) atoms. The van der Waals surface area contributed by atoms with Crippen LogP contribution in [0.15, 0.2) is 65.5 Å². The Bertz CT molecular complexity index is 1060. The normalized spacial score (nSPS) is 10.3. The monoisotopic (exact) mass is 382 g/mol. The summed E-state index contributed by atoms with van der Waals surface area (Å²) in [5.74, 6) is -1.44. The molecule has 3 aromatic rings. The third kappa shape index (κ3) is 4.04. The lowest BCUT2D eigenvalue weighted by molar-refractivity contribution is 0.0842.